The van der Waals surface area contributed by atoms with Crippen LogP contribution < -0.4 is 5.32 Å². The minimum Gasteiger partial charge on any atom is -0.338 e. The SMILES string of the molecule is Cc1nnc(CN(C)CC(=O)N2C[C@H](C)N[C@@H](C)C2)n1C. The fourth-order valence-corrected chi connectivity index (χ4v) is 2.75. The molecule has 118 valence electrons. The van der Waals surface area contributed by atoms with Crippen LogP contribution in [-0.4, -0.2) is 69.2 Å². The molecule has 1 fully saturated rings. The van der Waals surface area contributed by atoms with Gasteiger partial charge in [-0.1, -0.05) is 0 Å². The highest BCUT2D eigenvalue weighted by Crippen LogP contribution is 2.06. The molecule has 1 amide bonds. The minimum absolute atomic E-state index is 0.177. The van der Waals surface area contributed by atoms with Crippen LogP contribution >= 0.6 is 0 Å². The fraction of sp³-hybridized carbons (Fsp3) is 0.786. The van der Waals surface area contributed by atoms with Gasteiger partial charge in [-0.15, -0.1) is 10.2 Å². The van der Waals surface area contributed by atoms with E-state index < -0.39 is 0 Å². The van der Waals surface area contributed by atoms with Gasteiger partial charge in [0.1, 0.15) is 11.6 Å². The number of nitrogens with zero attached hydrogens (tertiary/aromatic N) is 5. The third kappa shape index (κ3) is 4.01. The molecular weight excluding hydrogens is 268 g/mol. The summed E-state index contributed by atoms with van der Waals surface area (Å²) in [6, 6.07) is 0.703. The van der Waals surface area contributed by atoms with Crippen LogP contribution in [0.5, 0.6) is 0 Å². The quantitative estimate of drug-likeness (QED) is 0.830. The van der Waals surface area contributed by atoms with Gasteiger partial charge in [-0.25, -0.2) is 0 Å². The summed E-state index contributed by atoms with van der Waals surface area (Å²) in [5, 5.41) is 11.6. The molecule has 2 rings (SSSR count). The average molecular weight is 294 g/mol. The fourth-order valence-electron chi connectivity index (χ4n) is 2.75. The molecule has 0 aromatic carbocycles. The van der Waals surface area contributed by atoms with Gasteiger partial charge in [0.05, 0.1) is 13.1 Å². The Kier molecular flexibility index (Phi) is 4.95. The highest BCUT2D eigenvalue weighted by atomic mass is 16.2. The molecule has 0 radical (unpaired) electrons. The van der Waals surface area contributed by atoms with Crippen LogP contribution in [0.2, 0.25) is 0 Å². The van der Waals surface area contributed by atoms with Gasteiger partial charge in [-0.3, -0.25) is 9.69 Å². The average Bonchev–Trinajstić information content (AvgIpc) is 2.69. The third-order valence-corrected chi connectivity index (χ3v) is 3.91. The third-order valence-electron chi connectivity index (χ3n) is 3.91. The monoisotopic (exact) mass is 294 g/mol. The molecule has 2 atom stereocenters. The van der Waals surface area contributed by atoms with Gasteiger partial charge in [0.15, 0.2) is 0 Å². The Labute approximate surface area is 126 Å². The van der Waals surface area contributed by atoms with E-state index in [9.17, 15) is 4.79 Å². The van der Waals surface area contributed by atoms with Gasteiger partial charge < -0.3 is 14.8 Å². The number of carbonyl (C=O) groups excluding carboxylic acids is 1. The number of aryl methyl sites for hydroxylation is 1. The van der Waals surface area contributed by atoms with Crippen molar-refractivity contribution < 1.29 is 4.79 Å². The lowest BCUT2D eigenvalue weighted by molar-refractivity contribution is -0.134. The number of carbonyl (C=O) groups is 1. The largest absolute Gasteiger partial charge is 0.338 e. The van der Waals surface area contributed by atoms with Crippen molar-refractivity contribution in [2.45, 2.75) is 39.4 Å². The molecule has 0 saturated carbocycles. The molecule has 0 aliphatic carbocycles. The summed E-state index contributed by atoms with van der Waals surface area (Å²) in [6.07, 6.45) is 0. The zero-order chi connectivity index (χ0) is 15.6. The van der Waals surface area contributed by atoms with Crippen molar-refractivity contribution in [1.82, 2.24) is 29.9 Å². The molecule has 1 aliphatic rings. The standard InChI is InChI=1S/C14H26N6O/c1-10-6-20(7-11(2)15-10)14(21)9-18(4)8-13-17-16-12(3)19(13)5/h10-11,15H,6-9H2,1-5H3/t10-,11-/m0/s1. The second-order valence-corrected chi connectivity index (χ2v) is 6.16. The molecule has 1 aromatic rings. The first-order valence-electron chi connectivity index (χ1n) is 7.44. The number of piperazine rings is 1. The molecule has 1 saturated heterocycles. The van der Waals surface area contributed by atoms with Crippen LogP contribution in [0.15, 0.2) is 0 Å². The van der Waals surface area contributed by atoms with Gasteiger partial charge >= 0.3 is 0 Å². The van der Waals surface area contributed by atoms with Crippen LogP contribution in [0.4, 0.5) is 0 Å². The molecule has 1 N–H and O–H groups in total. The van der Waals surface area contributed by atoms with Crippen molar-refractivity contribution in [2.24, 2.45) is 7.05 Å². The number of nitrogens with one attached hydrogen (secondary N) is 1. The second kappa shape index (κ2) is 6.53. The number of hydrogen-bond donors (Lipinski definition) is 1. The first-order chi connectivity index (χ1) is 9.86. The molecular formula is C14H26N6O. The lowest BCUT2D eigenvalue weighted by atomic mass is 10.1. The van der Waals surface area contributed by atoms with Gasteiger partial charge in [0.25, 0.3) is 0 Å². The molecule has 1 aromatic heterocycles. The van der Waals surface area contributed by atoms with Crippen molar-refractivity contribution in [3.63, 3.8) is 0 Å². The van der Waals surface area contributed by atoms with Crippen LogP contribution in [0.1, 0.15) is 25.5 Å². The molecule has 0 bridgehead atoms. The Morgan fingerprint density at radius 2 is 1.95 bits per heavy atom. The predicted molar refractivity (Wildman–Crippen MR) is 80.7 cm³/mol. The summed E-state index contributed by atoms with van der Waals surface area (Å²) in [5.41, 5.74) is 0. The summed E-state index contributed by atoms with van der Waals surface area (Å²) < 4.78 is 1.95. The van der Waals surface area contributed by atoms with Crippen LogP contribution in [0.25, 0.3) is 0 Å². The minimum atomic E-state index is 0.177. The molecule has 0 unspecified atom stereocenters. The predicted octanol–water partition coefficient (Wildman–Crippen LogP) is -0.236. The number of aromatic nitrogens is 3. The van der Waals surface area contributed by atoms with E-state index in [1.54, 1.807) is 0 Å². The van der Waals surface area contributed by atoms with Crippen molar-refractivity contribution in [3.05, 3.63) is 11.6 Å². The number of rotatable bonds is 4. The Balaban J connectivity index is 1.88. The maximum absolute atomic E-state index is 12.4. The number of amides is 1. The lowest BCUT2D eigenvalue weighted by Crippen LogP contribution is -2.57. The summed E-state index contributed by atoms with van der Waals surface area (Å²) in [5.74, 6) is 1.94. The Bertz CT molecular complexity index is 490. The van der Waals surface area contributed by atoms with Gasteiger partial charge in [0, 0.05) is 32.2 Å². The number of likely N-dealkylation sites (N-methyl/N-ethyl adjacent to an activating group) is 1. The molecule has 21 heavy (non-hydrogen) atoms. The van der Waals surface area contributed by atoms with Crippen molar-refractivity contribution >= 4 is 5.91 Å². The Hall–Kier alpha value is -1.47. The Morgan fingerprint density at radius 3 is 2.48 bits per heavy atom. The normalized spacial score (nSPS) is 22.9. The van der Waals surface area contributed by atoms with E-state index in [1.165, 1.54) is 0 Å². The van der Waals surface area contributed by atoms with Crippen LogP contribution in [-0.2, 0) is 18.4 Å². The van der Waals surface area contributed by atoms with Crippen molar-refractivity contribution in [2.75, 3.05) is 26.7 Å². The molecule has 0 spiro atoms. The summed E-state index contributed by atoms with van der Waals surface area (Å²) in [7, 11) is 3.89. The maximum atomic E-state index is 12.4. The van der Waals surface area contributed by atoms with Crippen molar-refractivity contribution in [3.8, 4) is 0 Å². The topological polar surface area (TPSA) is 66.3 Å². The van der Waals surface area contributed by atoms with E-state index in [0.717, 1.165) is 24.7 Å². The molecule has 7 nitrogen and oxygen atoms in total. The van der Waals surface area contributed by atoms with Crippen LogP contribution in [0, 0.1) is 6.92 Å². The van der Waals surface area contributed by atoms with Crippen LogP contribution in [0.3, 0.4) is 0 Å². The van der Waals surface area contributed by atoms with E-state index in [2.05, 4.69) is 29.4 Å². The first-order valence-corrected chi connectivity index (χ1v) is 7.44. The summed E-state index contributed by atoms with van der Waals surface area (Å²) >= 11 is 0. The van der Waals surface area contributed by atoms with E-state index in [0.29, 0.717) is 25.2 Å². The van der Waals surface area contributed by atoms with E-state index in [4.69, 9.17) is 0 Å². The highest BCUT2D eigenvalue weighted by molar-refractivity contribution is 5.78. The van der Waals surface area contributed by atoms with Gasteiger partial charge in [0.2, 0.25) is 5.91 Å². The smallest absolute Gasteiger partial charge is 0.236 e. The van der Waals surface area contributed by atoms with Gasteiger partial charge in [-0.05, 0) is 27.8 Å². The molecule has 7 heteroatoms. The summed E-state index contributed by atoms with van der Waals surface area (Å²) in [6.45, 7) is 8.74. The van der Waals surface area contributed by atoms with E-state index in [1.807, 2.05) is 35.4 Å². The molecule has 2 heterocycles. The first kappa shape index (κ1) is 15.9. The zero-order valence-corrected chi connectivity index (χ0v) is 13.6. The molecule has 1 aliphatic heterocycles. The maximum Gasteiger partial charge on any atom is 0.236 e. The van der Waals surface area contributed by atoms with Gasteiger partial charge in [-0.2, -0.15) is 0 Å². The summed E-state index contributed by atoms with van der Waals surface area (Å²) in [4.78, 5) is 16.3. The number of hydrogen-bond acceptors (Lipinski definition) is 5. The van der Waals surface area contributed by atoms with E-state index in [-0.39, 0.29) is 5.91 Å². The van der Waals surface area contributed by atoms with Crippen molar-refractivity contribution in [1.29, 1.82) is 0 Å². The lowest BCUT2D eigenvalue weighted by Gasteiger charge is -2.36. The zero-order valence-electron chi connectivity index (χ0n) is 13.6. The van der Waals surface area contributed by atoms with E-state index >= 15 is 0 Å². The second-order valence-electron chi connectivity index (χ2n) is 6.16. The highest BCUT2D eigenvalue weighted by Gasteiger charge is 2.25. The Morgan fingerprint density at radius 1 is 1.33 bits per heavy atom.